The minimum Gasteiger partial charge on any atom is -0.460 e. The number of carbonyl (C=O) groups is 1. The summed E-state index contributed by atoms with van der Waals surface area (Å²) in [5.41, 5.74) is 0.608. The average Bonchev–Trinajstić information content (AvgIpc) is 3.19. The number of hydrogen-bond acceptors (Lipinski definition) is 3. The average molecular weight is 301 g/mol. The van der Waals surface area contributed by atoms with Gasteiger partial charge in [0.15, 0.2) is 0 Å². The molecule has 2 fully saturated rings. The van der Waals surface area contributed by atoms with Crippen LogP contribution in [0.3, 0.4) is 0 Å². The monoisotopic (exact) mass is 301 g/mol. The Kier molecular flexibility index (Phi) is 4.53. The Morgan fingerprint density at radius 3 is 2.45 bits per heavy atom. The van der Waals surface area contributed by atoms with Gasteiger partial charge in [0.05, 0.1) is 5.41 Å². The Morgan fingerprint density at radius 1 is 1.18 bits per heavy atom. The topological polar surface area (TPSA) is 29.5 Å². The van der Waals surface area contributed by atoms with Crippen LogP contribution in [-0.2, 0) is 14.9 Å². The summed E-state index contributed by atoms with van der Waals surface area (Å²) >= 11 is 0. The first-order valence-electron chi connectivity index (χ1n) is 8.56. The summed E-state index contributed by atoms with van der Waals surface area (Å²) in [4.78, 5) is 15.3. The van der Waals surface area contributed by atoms with Gasteiger partial charge in [-0.3, -0.25) is 4.79 Å². The number of ether oxygens (including phenoxy) is 1. The lowest BCUT2D eigenvalue weighted by atomic mass is 9.71. The van der Waals surface area contributed by atoms with Gasteiger partial charge in [0.25, 0.3) is 0 Å². The molecule has 3 rings (SSSR count). The molecule has 1 heterocycles. The van der Waals surface area contributed by atoms with Crippen molar-refractivity contribution in [2.45, 2.75) is 50.5 Å². The minimum atomic E-state index is -0.501. The van der Waals surface area contributed by atoms with Gasteiger partial charge in [0.2, 0.25) is 0 Å². The van der Waals surface area contributed by atoms with Crippen molar-refractivity contribution >= 4 is 5.97 Å². The number of benzene rings is 1. The van der Waals surface area contributed by atoms with Gasteiger partial charge in [-0.25, -0.2) is 0 Å². The lowest BCUT2D eigenvalue weighted by Gasteiger charge is -2.34. The molecule has 1 saturated carbocycles. The van der Waals surface area contributed by atoms with E-state index in [2.05, 4.69) is 31.0 Å². The van der Waals surface area contributed by atoms with Crippen molar-refractivity contribution in [3.8, 4) is 0 Å². The summed E-state index contributed by atoms with van der Waals surface area (Å²) < 4.78 is 5.93. The van der Waals surface area contributed by atoms with Crippen molar-refractivity contribution in [1.82, 2.24) is 4.90 Å². The van der Waals surface area contributed by atoms with Crippen LogP contribution in [0.1, 0.15) is 44.6 Å². The summed E-state index contributed by atoms with van der Waals surface area (Å²) in [7, 11) is 2.08. The highest BCUT2D eigenvalue weighted by atomic mass is 16.5. The maximum absolute atomic E-state index is 13.1. The largest absolute Gasteiger partial charge is 0.460 e. The van der Waals surface area contributed by atoms with E-state index in [1.165, 1.54) is 12.8 Å². The first-order chi connectivity index (χ1) is 10.6. The van der Waals surface area contributed by atoms with Crippen LogP contribution >= 0.6 is 0 Å². The third kappa shape index (κ3) is 2.91. The van der Waals surface area contributed by atoms with Gasteiger partial charge in [-0.05, 0) is 44.7 Å². The van der Waals surface area contributed by atoms with E-state index < -0.39 is 5.41 Å². The third-order valence-electron chi connectivity index (χ3n) is 5.59. The molecule has 0 spiro atoms. The fraction of sp³-hybridized carbons (Fsp3) is 0.632. The second-order valence-corrected chi connectivity index (χ2v) is 7.13. The molecular weight excluding hydrogens is 274 g/mol. The number of nitrogens with zero attached hydrogens (tertiary/aromatic N) is 1. The van der Waals surface area contributed by atoms with Gasteiger partial charge in [-0.15, -0.1) is 0 Å². The molecule has 0 radical (unpaired) electrons. The number of rotatable bonds is 4. The van der Waals surface area contributed by atoms with E-state index in [1.54, 1.807) is 0 Å². The van der Waals surface area contributed by atoms with Gasteiger partial charge in [-0.2, -0.15) is 0 Å². The molecule has 1 aromatic carbocycles. The highest BCUT2D eigenvalue weighted by Gasteiger charge is 2.46. The summed E-state index contributed by atoms with van der Waals surface area (Å²) in [6.07, 6.45) is 5.73. The zero-order valence-corrected chi connectivity index (χ0v) is 13.8. The minimum absolute atomic E-state index is 0.0223. The van der Waals surface area contributed by atoms with Crippen LogP contribution in [0.15, 0.2) is 30.3 Å². The summed E-state index contributed by atoms with van der Waals surface area (Å²) in [5, 5.41) is 0. The molecule has 22 heavy (non-hydrogen) atoms. The Morgan fingerprint density at radius 2 is 1.86 bits per heavy atom. The second kappa shape index (κ2) is 6.41. The smallest absolute Gasteiger partial charge is 0.316 e. The molecule has 3 heteroatoms. The Labute approximate surface area is 133 Å². The van der Waals surface area contributed by atoms with Crippen molar-refractivity contribution in [2.24, 2.45) is 5.92 Å². The van der Waals surface area contributed by atoms with Crippen LogP contribution in [0.2, 0.25) is 0 Å². The molecule has 0 bridgehead atoms. The number of carbonyl (C=O) groups excluding carboxylic acids is 1. The lowest BCUT2D eigenvalue weighted by molar-refractivity contribution is -0.157. The maximum Gasteiger partial charge on any atom is 0.316 e. The predicted octanol–water partition coefficient (Wildman–Crippen LogP) is 3.38. The first-order valence-corrected chi connectivity index (χ1v) is 8.56. The molecule has 2 aliphatic rings. The fourth-order valence-corrected chi connectivity index (χ4v) is 4.07. The molecule has 1 aliphatic heterocycles. The second-order valence-electron chi connectivity index (χ2n) is 7.13. The third-order valence-corrected chi connectivity index (χ3v) is 5.59. The molecule has 0 unspecified atom stereocenters. The summed E-state index contributed by atoms with van der Waals surface area (Å²) in [5.74, 6) is 0.382. The Balaban J connectivity index is 1.83. The van der Waals surface area contributed by atoms with Gasteiger partial charge in [-0.1, -0.05) is 43.2 Å². The van der Waals surface area contributed by atoms with Crippen LogP contribution in [-0.4, -0.2) is 37.1 Å². The van der Waals surface area contributed by atoms with Crippen LogP contribution in [0.5, 0.6) is 0 Å². The van der Waals surface area contributed by atoms with Gasteiger partial charge >= 0.3 is 5.97 Å². The molecule has 120 valence electrons. The number of hydrogen-bond donors (Lipinski definition) is 0. The van der Waals surface area contributed by atoms with Crippen molar-refractivity contribution in [3.05, 3.63) is 35.9 Å². The molecule has 1 aliphatic carbocycles. The zero-order valence-electron chi connectivity index (χ0n) is 13.8. The van der Waals surface area contributed by atoms with Gasteiger partial charge in [0, 0.05) is 13.1 Å². The van der Waals surface area contributed by atoms with E-state index in [0.29, 0.717) is 5.92 Å². The van der Waals surface area contributed by atoms with E-state index in [0.717, 1.165) is 37.9 Å². The Hall–Kier alpha value is -1.35. The van der Waals surface area contributed by atoms with Crippen LogP contribution in [0.25, 0.3) is 0 Å². The highest BCUT2D eigenvalue weighted by molar-refractivity contribution is 5.83. The van der Waals surface area contributed by atoms with E-state index in [4.69, 9.17) is 4.74 Å². The van der Waals surface area contributed by atoms with E-state index >= 15 is 0 Å². The molecular formula is C19H27NO2. The quantitative estimate of drug-likeness (QED) is 0.799. The zero-order chi connectivity index (χ0) is 15.6. The van der Waals surface area contributed by atoms with Crippen LogP contribution < -0.4 is 0 Å². The SMILES string of the molecule is CN1CC[C@@H](OC(=O)[C@](C)(c2ccccc2)C2CCCC2)C1. The molecule has 1 aromatic rings. The van der Waals surface area contributed by atoms with E-state index in [-0.39, 0.29) is 12.1 Å². The molecule has 0 N–H and O–H groups in total. The number of likely N-dealkylation sites (tertiary alicyclic amines) is 1. The predicted molar refractivity (Wildman–Crippen MR) is 87.7 cm³/mol. The lowest BCUT2D eigenvalue weighted by Crippen LogP contribution is -2.42. The summed E-state index contributed by atoms with van der Waals surface area (Å²) in [6, 6.07) is 10.2. The number of likely N-dealkylation sites (N-methyl/N-ethyl adjacent to an activating group) is 1. The first kappa shape index (κ1) is 15.5. The van der Waals surface area contributed by atoms with Gasteiger partial charge < -0.3 is 9.64 Å². The molecule has 3 nitrogen and oxygen atoms in total. The molecule has 0 aromatic heterocycles. The van der Waals surface area contributed by atoms with Crippen LogP contribution in [0.4, 0.5) is 0 Å². The van der Waals surface area contributed by atoms with Crippen molar-refractivity contribution in [3.63, 3.8) is 0 Å². The normalized spacial score (nSPS) is 26.0. The van der Waals surface area contributed by atoms with Gasteiger partial charge in [0.1, 0.15) is 6.10 Å². The van der Waals surface area contributed by atoms with Crippen LogP contribution in [0, 0.1) is 5.92 Å². The fourth-order valence-electron chi connectivity index (χ4n) is 4.07. The van der Waals surface area contributed by atoms with E-state index in [9.17, 15) is 4.79 Å². The molecule has 0 amide bonds. The molecule has 2 atom stereocenters. The van der Waals surface area contributed by atoms with Crippen molar-refractivity contribution in [2.75, 3.05) is 20.1 Å². The molecule has 1 saturated heterocycles. The van der Waals surface area contributed by atoms with Crippen molar-refractivity contribution in [1.29, 1.82) is 0 Å². The standard InChI is InChI=1S/C19H27NO2/c1-19(16-10-6-7-11-16,15-8-4-3-5-9-15)18(21)22-17-12-13-20(2)14-17/h3-5,8-9,16-17H,6-7,10-14H2,1-2H3/t17-,19-/m1/s1. The Bertz CT molecular complexity index is 509. The number of esters is 1. The maximum atomic E-state index is 13.1. The summed E-state index contributed by atoms with van der Waals surface area (Å²) in [6.45, 7) is 3.98. The van der Waals surface area contributed by atoms with Crippen molar-refractivity contribution < 1.29 is 9.53 Å². The van der Waals surface area contributed by atoms with E-state index in [1.807, 2.05) is 18.2 Å². The highest BCUT2D eigenvalue weighted by Crippen LogP contribution is 2.43.